The number of nitriles is 1. The van der Waals surface area contributed by atoms with Crippen molar-refractivity contribution in [1.82, 2.24) is 5.32 Å². The summed E-state index contributed by atoms with van der Waals surface area (Å²) in [7, 11) is 4.61. The zero-order chi connectivity index (χ0) is 26.0. The highest BCUT2D eigenvalue weighted by molar-refractivity contribution is 5.85. The lowest BCUT2D eigenvalue weighted by atomic mass is 9.91. The van der Waals surface area contributed by atoms with E-state index in [2.05, 4.69) is 11.4 Å². The number of ether oxygens (including phenoxy) is 2. The van der Waals surface area contributed by atoms with Gasteiger partial charge in [0.15, 0.2) is 0 Å². The van der Waals surface area contributed by atoms with E-state index in [0.29, 0.717) is 47.4 Å². The van der Waals surface area contributed by atoms with Crippen LogP contribution in [0.2, 0.25) is 0 Å². The highest BCUT2D eigenvalue weighted by Gasteiger charge is 2.37. The van der Waals surface area contributed by atoms with E-state index in [1.165, 1.54) is 25.2 Å². The lowest BCUT2D eigenvalue weighted by molar-refractivity contribution is -0.145. The molecule has 2 aromatic carbocycles. The summed E-state index contributed by atoms with van der Waals surface area (Å²) in [6.45, 7) is 3.90. The van der Waals surface area contributed by atoms with Crippen molar-refractivity contribution in [2.45, 2.75) is 57.6 Å². The summed E-state index contributed by atoms with van der Waals surface area (Å²) >= 11 is 0. The number of benzene rings is 2. The monoisotopic (exact) mass is 483 g/mol. The van der Waals surface area contributed by atoms with Crippen LogP contribution < -0.4 is 15.0 Å². The van der Waals surface area contributed by atoms with Crippen LogP contribution in [0.1, 0.15) is 45.1 Å². The van der Waals surface area contributed by atoms with E-state index in [4.69, 9.17) is 9.47 Å². The molecular formula is C27H34FN3O4. The molecule has 0 radical (unpaired) electrons. The standard InChI is InChI=1S/C27H34FN3O4/c1-6-8-13-27(7-2,35-5)26(33)30-22(17-29)14-21-10-9-19(15-23(21)28)20-11-12-25(34-4)24(16-20)31(3)18-32/h9-12,15-16,18,22H,6-8,13-14H2,1-5H3,(H,30,33). The van der Waals surface area contributed by atoms with Crippen molar-refractivity contribution in [3.63, 3.8) is 0 Å². The molecule has 0 spiro atoms. The number of rotatable bonds is 13. The van der Waals surface area contributed by atoms with E-state index in [-0.39, 0.29) is 12.3 Å². The first-order valence-electron chi connectivity index (χ1n) is 11.7. The third-order valence-corrected chi connectivity index (χ3v) is 6.30. The van der Waals surface area contributed by atoms with Crippen molar-refractivity contribution in [1.29, 1.82) is 5.26 Å². The van der Waals surface area contributed by atoms with Gasteiger partial charge in [-0.05, 0) is 47.7 Å². The molecule has 188 valence electrons. The fraction of sp³-hybridized carbons (Fsp3) is 0.444. The van der Waals surface area contributed by atoms with Gasteiger partial charge in [-0.25, -0.2) is 4.39 Å². The third-order valence-electron chi connectivity index (χ3n) is 6.30. The Hall–Kier alpha value is -3.44. The van der Waals surface area contributed by atoms with Crippen LogP contribution in [0.15, 0.2) is 36.4 Å². The van der Waals surface area contributed by atoms with Crippen LogP contribution in [0, 0.1) is 17.1 Å². The Balaban J connectivity index is 2.24. The first kappa shape index (κ1) is 27.8. The highest BCUT2D eigenvalue weighted by atomic mass is 19.1. The predicted molar refractivity (Wildman–Crippen MR) is 134 cm³/mol. The number of methoxy groups -OCH3 is 2. The van der Waals surface area contributed by atoms with Crippen LogP contribution in [-0.4, -0.2) is 45.2 Å². The fourth-order valence-corrected chi connectivity index (χ4v) is 3.99. The normalized spacial score (nSPS) is 13.3. The molecule has 0 aliphatic rings. The summed E-state index contributed by atoms with van der Waals surface area (Å²) in [6, 6.07) is 11.1. The average Bonchev–Trinajstić information content (AvgIpc) is 2.89. The minimum Gasteiger partial charge on any atom is -0.495 e. The lowest BCUT2D eigenvalue weighted by Gasteiger charge is -2.31. The quantitative estimate of drug-likeness (QED) is 0.420. The number of hydrogen-bond acceptors (Lipinski definition) is 5. The van der Waals surface area contributed by atoms with E-state index in [0.717, 1.165) is 12.8 Å². The van der Waals surface area contributed by atoms with E-state index in [1.54, 1.807) is 37.4 Å². The SMILES string of the molecule is CCCCC(CC)(OC)C(=O)NC(C#N)Cc1ccc(-c2ccc(OC)c(N(C)C=O)c2)cc1F. The maximum Gasteiger partial charge on any atom is 0.253 e. The Bertz CT molecular complexity index is 1060. The van der Waals surface area contributed by atoms with Crippen LogP contribution in [0.5, 0.6) is 5.75 Å². The summed E-state index contributed by atoms with van der Waals surface area (Å²) in [6.07, 6.45) is 3.44. The van der Waals surface area contributed by atoms with Crippen LogP contribution in [0.3, 0.4) is 0 Å². The Morgan fingerprint density at radius 1 is 1.23 bits per heavy atom. The summed E-state index contributed by atoms with van der Waals surface area (Å²) < 4.78 is 25.9. The number of anilines is 1. The third kappa shape index (κ3) is 6.58. The first-order valence-corrected chi connectivity index (χ1v) is 11.7. The van der Waals surface area contributed by atoms with Crippen molar-refractivity contribution >= 4 is 18.0 Å². The molecule has 8 heteroatoms. The van der Waals surface area contributed by atoms with Crippen molar-refractivity contribution in [3.8, 4) is 22.9 Å². The number of nitrogens with zero attached hydrogens (tertiary/aromatic N) is 2. The smallest absolute Gasteiger partial charge is 0.253 e. The molecular weight excluding hydrogens is 449 g/mol. The molecule has 0 saturated carbocycles. The number of hydrogen-bond donors (Lipinski definition) is 1. The van der Waals surface area contributed by atoms with Crippen molar-refractivity contribution in [3.05, 3.63) is 47.8 Å². The predicted octanol–water partition coefficient (Wildman–Crippen LogP) is 4.63. The van der Waals surface area contributed by atoms with Gasteiger partial charge in [-0.15, -0.1) is 0 Å². The van der Waals surface area contributed by atoms with E-state index in [9.17, 15) is 14.9 Å². The number of nitrogens with one attached hydrogen (secondary N) is 1. The summed E-state index contributed by atoms with van der Waals surface area (Å²) in [5.74, 6) is -0.326. The van der Waals surface area contributed by atoms with Crippen molar-refractivity contribution in [2.75, 3.05) is 26.2 Å². The molecule has 0 heterocycles. The van der Waals surface area contributed by atoms with Crippen LogP contribution in [0.25, 0.3) is 11.1 Å². The molecule has 7 nitrogen and oxygen atoms in total. The molecule has 2 atom stereocenters. The molecule has 0 aliphatic heterocycles. The highest BCUT2D eigenvalue weighted by Crippen LogP contribution is 2.33. The molecule has 35 heavy (non-hydrogen) atoms. The minimum absolute atomic E-state index is 0.0212. The Labute approximate surface area is 206 Å². The summed E-state index contributed by atoms with van der Waals surface area (Å²) in [4.78, 5) is 25.6. The molecule has 2 unspecified atom stereocenters. The average molecular weight is 484 g/mol. The van der Waals surface area contributed by atoms with E-state index < -0.39 is 17.5 Å². The van der Waals surface area contributed by atoms with Crippen molar-refractivity contribution < 1.29 is 23.5 Å². The first-order chi connectivity index (χ1) is 16.8. The van der Waals surface area contributed by atoms with E-state index >= 15 is 4.39 Å². The van der Waals surface area contributed by atoms with Gasteiger partial charge in [0.2, 0.25) is 6.41 Å². The van der Waals surface area contributed by atoms with Gasteiger partial charge in [0.05, 0.1) is 18.9 Å². The second kappa shape index (κ2) is 12.9. The largest absolute Gasteiger partial charge is 0.495 e. The van der Waals surface area contributed by atoms with Gasteiger partial charge in [0.25, 0.3) is 5.91 Å². The maximum atomic E-state index is 15.0. The number of unbranched alkanes of at least 4 members (excludes halogenated alkanes) is 1. The Morgan fingerprint density at radius 3 is 2.46 bits per heavy atom. The maximum absolute atomic E-state index is 15.0. The van der Waals surface area contributed by atoms with Crippen molar-refractivity contribution in [2.24, 2.45) is 0 Å². The minimum atomic E-state index is -1.01. The molecule has 2 amide bonds. The number of carbonyl (C=O) groups excluding carboxylic acids is 2. The number of carbonyl (C=O) groups is 2. The van der Waals surface area contributed by atoms with Gasteiger partial charge in [-0.3, -0.25) is 9.59 Å². The lowest BCUT2D eigenvalue weighted by Crippen LogP contribution is -2.51. The number of halogens is 1. The molecule has 1 N–H and O–H groups in total. The molecule has 0 aromatic heterocycles. The second-order valence-electron chi connectivity index (χ2n) is 8.42. The van der Waals surface area contributed by atoms with Crippen LogP contribution >= 0.6 is 0 Å². The van der Waals surface area contributed by atoms with Gasteiger partial charge in [-0.2, -0.15) is 5.26 Å². The van der Waals surface area contributed by atoms with Gasteiger partial charge >= 0.3 is 0 Å². The second-order valence-corrected chi connectivity index (χ2v) is 8.42. The van der Waals surface area contributed by atoms with Crippen LogP contribution in [0.4, 0.5) is 10.1 Å². The molecule has 2 aromatic rings. The molecule has 0 saturated heterocycles. The zero-order valence-electron chi connectivity index (χ0n) is 21.1. The molecule has 0 aliphatic carbocycles. The Kier molecular flexibility index (Phi) is 10.2. The van der Waals surface area contributed by atoms with Gasteiger partial charge in [-0.1, -0.05) is 44.9 Å². The topological polar surface area (TPSA) is 91.7 Å². The van der Waals surface area contributed by atoms with Gasteiger partial charge in [0, 0.05) is 20.6 Å². The summed E-state index contributed by atoms with van der Waals surface area (Å²) in [5, 5.41) is 12.4. The Morgan fingerprint density at radius 2 is 1.91 bits per heavy atom. The van der Waals surface area contributed by atoms with Gasteiger partial charge in [0.1, 0.15) is 23.2 Å². The molecule has 2 rings (SSSR count). The zero-order valence-corrected chi connectivity index (χ0v) is 21.1. The summed E-state index contributed by atoms with van der Waals surface area (Å²) in [5.41, 5.74) is 1.17. The van der Waals surface area contributed by atoms with E-state index in [1.807, 2.05) is 13.8 Å². The molecule has 0 fully saturated rings. The molecule has 0 bridgehead atoms. The number of amides is 2. The van der Waals surface area contributed by atoms with Gasteiger partial charge < -0.3 is 19.7 Å². The van der Waals surface area contributed by atoms with Crippen LogP contribution in [-0.2, 0) is 20.7 Å². The fourth-order valence-electron chi connectivity index (χ4n) is 3.99.